The number of hydrogen-bond acceptors (Lipinski definition) is 3. The molecule has 5 heteroatoms. The Bertz CT molecular complexity index is 707. The van der Waals surface area contributed by atoms with Crippen molar-refractivity contribution < 1.29 is 0 Å². The zero-order valence-corrected chi connectivity index (χ0v) is 10.5. The molecule has 2 aromatic heterocycles. The monoisotopic (exact) mass is 241 g/mol. The molecule has 0 aliphatic rings. The minimum atomic E-state index is 0.536. The number of imidazole rings is 1. The van der Waals surface area contributed by atoms with Crippen LogP contribution in [0.2, 0.25) is 0 Å². The SMILES string of the molecule is Cn1cc(-c2nc3cc(CN)ccc3n2C)cn1. The first kappa shape index (κ1) is 11.0. The zero-order valence-electron chi connectivity index (χ0n) is 10.5. The van der Waals surface area contributed by atoms with Crippen LogP contribution in [0, 0.1) is 0 Å². The lowest BCUT2D eigenvalue weighted by Gasteiger charge is -1.99. The first-order chi connectivity index (χ1) is 8.69. The third kappa shape index (κ3) is 1.60. The Morgan fingerprint density at radius 1 is 1.28 bits per heavy atom. The van der Waals surface area contributed by atoms with Crippen LogP contribution < -0.4 is 5.73 Å². The van der Waals surface area contributed by atoms with Gasteiger partial charge in [-0.15, -0.1) is 0 Å². The maximum Gasteiger partial charge on any atom is 0.144 e. The van der Waals surface area contributed by atoms with Gasteiger partial charge < -0.3 is 10.3 Å². The maximum absolute atomic E-state index is 5.65. The summed E-state index contributed by atoms with van der Waals surface area (Å²) in [4.78, 5) is 4.66. The van der Waals surface area contributed by atoms with Crippen molar-refractivity contribution in [3.8, 4) is 11.4 Å². The van der Waals surface area contributed by atoms with Crippen molar-refractivity contribution in [1.29, 1.82) is 0 Å². The van der Waals surface area contributed by atoms with E-state index in [1.165, 1.54) is 0 Å². The summed E-state index contributed by atoms with van der Waals surface area (Å²) in [6.45, 7) is 0.536. The second kappa shape index (κ2) is 3.96. The number of benzene rings is 1. The van der Waals surface area contributed by atoms with Crippen LogP contribution in [-0.2, 0) is 20.6 Å². The van der Waals surface area contributed by atoms with Gasteiger partial charge in [-0.3, -0.25) is 4.68 Å². The molecular formula is C13H15N5. The van der Waals surface area contributed by atoms with Crippen LogP contribution in [-0.4, -0.2) is 19.3 Å². The van der Waals surface area contributed by atoms with E-state index in [4.69, 9.17) is 5.73 Å². The van der Waals surface area contributed by atoms with Crippen molar-refractivity contribution >= 4 is 11.0 Å². The minimum Gasteiger partial charge on any atom is -0.327 e. The molecule has 3 aromatic rings. The van der Waals surface area contributed by atoms with Crippen molar-refractivity contribution in [3.05, 3.63) is 36.2 Å². The van der Waals surface area contributed by atoms with Crippen molar-refractivity contribution in [2.24, 2.45) is 19.8 Å². The first-order valence-corrected chi connectivity index (χ1v) is 5.83. The number of nitrogens with two attached hydrogens (primary N) is 1. The predicted molar refractivity (Wildman–Crippen MR) is 70.8 cm³/mol. The summed E-state index contributed by atoms with van der Waals surface area (Å²) >= 11 is 0. The summed E-state index contributed by atoms with van der Waals surface area (Å²) < 4.78 is 3.85. The molecule has 0 saturated heterocycles. The van der Waals surface area contributed by atoms with E-state index in [9.17, 15) is 0 Å². The summed E-state index contributed by atoms with van der Waals surface area (Å²) in [5, 5.41) is 4.18. The summed E-state index contributed by atoms with van der Waals surface area (Å²) in [7, 11) is 3.92. The van der Waals surface area contributed by atoms with Crippen molar-refractivity contribution in [3.63, 3.8) is 0 Å². The largest absolute Gasteiger partial charge is 0.327 e. The molecule has 0 saturated carbocycles. The summed E-state index contributed by atoms with van der Waals surface area (Å²) in [6, 6.07) is 6.14. The Balaban J connectivity index is 2.22. The van der Waals surface area contributed by atoms with Crippen LogP contribution in [0.3, 0.4) is 0 Å². The quantitative estimate of drug-likeness (QED) is 0.738. The Labute approximate surface area is 105 Å². The molecule has 92 valence electrons. The molecule has 0 radical (unpaired) electrons. The topological polar surface area (TPSA) is 61.7 Å². The van der Waals surface area contributed by atoms with Gasteiger partial charge in [0.25, 0.3) is 0 Å². The van der Waals surface area contributed by atoms with Gasteiger partial charge in [-0.05, 0) is 17.7 Å². The maximum atomic E-state index is 5.65. The fourth-order valence-corrected chi connectivity index (χ4v) is 2.17. The minimum absolute atomic E-state index is 0.536. The van der Waals surface area contributed by atoms with E-state index >= 15 is 0 Å². The number of aryl methyl sites for hydroxylation is 2. The average Bonchev–Trinajstić information content (AvgIpc) is 2.93. The van der Waals surface area contributed by atoms with Crippen LogP contribution in [0.5, 0.6) is 0 Å². The first-order valence-electron chi connectivity index (χ1n) is 5.83. The lowest BCUT2D eigenvalue weighted by molar-refractivity contribution is 0.768. The third-order valence-corrected chi connectivity index (χ3v) is 3.14. The van der Waals surface area contributed by atoms with Crippen LogP contribution in [0.25, 0.3) is 22.4 Å². The Morgan fingerprint density at radius 3 is 2.78 bits per heavy atom. The van der Waals surface area contributed by atoms with Crippen molar-refractivity contribution in [1.82, 2.24) is 19.3 Å². The fourth-order valence-electron chi connectivity index (χ4n) is 2.17. The summed E-state index contributed by atoms with van der Waals surface area (Å²) in [6.07, 6.45) is 3.79. The number of rotatable bonds is 2. The highest BCUT2D eigenvalue weighted by molar-refractivity contribution is 5.81. The van der Waals surface area contributed by atoms with Gasteiger partial charge in [-0.25, -0.2) is 4.98 Å². The van der Waals surface area contributed by atoms with Gasteiger partial charge in [-0.2, -0.15) is 5.10 Å². The highest BCUT2D eigenvalue weighted by Crippen LogP contribution is 2.23. The Morgan fingerprint density at radius 2 is 2.11 bits per heavy atom. The van der Waals surface area contributed by atoms with E-state index in [1.807, 2.05) is 38.6 Å². The molecule has 2 N–H and O–H groups in total. The van der Waals surface area contributed by atoms with Crippen LogP contribution in [0.15, 0.2) is 30.6 Å². The Kier molecular flexibility index (Phi) is 2.41. The van der Waals surface area contributed by atoms with Gasteiger partial charge in [0, 0.05) is 26.8 Å². The van der Waals surface area contributed by atoms with E-state index in [0.29, 0.717) is 6.54 Å². The average molecular weight is 241 g/mol. The van der Waals surface area contributed by atoms with Gasteiger partial charge in [0.2, 0.25) is 0 Å². The fraction of sp³-hybridized carbons (Fsp3) is 0.231. The standard InChI is InChI=1S/C13H15N5/c1-17-8-10(7-15-17)13-16-11-5-9(6-14)3-4-12(11)18(13)2/h3-5,7-8H,6,14H2,1-2H3. The van der Waals surface area contributed by atoms with Gasteiger partial charge in [0.15, 0.2) is 0 Å². The molecular weight excluding hydrogens is 226 g/mol. The van der Waals surface area contributed by atoms with Crippen LogP contribution in [0.1, 0.15) is 5.56 Å². The molecule has 0 aliphatic heterocycles. The van der Waals surface area contributed by atoms with Crippen LogP contribution in [0.4, 0.5) is 0 Å². The van der Waals surface area contributed by atoms with E-state index in [1.54, 1.807) is 4.68 Å². The van der Waals surface area contributed by atoms with Crippen molar-refractivity contribution in [2.45, 2.75) is 6.54 Å². The van der Waals surface area contributed by atoms with E-state index < -0.39 is 0 Å². The molecule has 2 heterocycles. The molecule has 0 fully saturated rings. The smallest absolute Gasteiger partial charge is 0.144 e. The van der Waals surface area contributed by atoms with Gasteiger partial charge in [0.05, 0.1) is 22.8 Å². The molecule has 0 aliphatic carbocycles. The number of aromatic nitrogens is 4. The molecule has 0 amide bonds. The summed E-state index contributed by atoms with van der Waals surface area (Å²) in [5.74, 6) is 0.923. The van der Waals surface area contributed by atoms with Gasteiger partial charge in [0.1, 0.15) is 5.82 Å². The Hall–Kier alpha value is -2.14. The molecule has 18 heavy (non-hydrogen) atoms. The normalized spacial score (nSPS) is 11.3. The summed E-state index contributed by atoms with van der Waals surface area (Å²) in [5.41, 5.74) is 9.84. The highest BCUT2D eigenvalue weighted by atomic mass is 15.2. The second-order valence-corrected chi connectivity index (χ2v) is 4.42. The van der Waals surface area contributed by atoms with Crippen molar-refractivity contribution in [2.75, 3.05) is 0 Å². The molecule has 0 atom stereocenters. The van der Waals surface area contributed by atoms with E-state index in [-0.39, 0.29) is 0 Å². The third-order valence-electron chi connectivity index (χ3n) is 3.14. The molecule has 5 nitrogen and oxygen atoms in total. The predicted octanol–water partition coefficient (Wildman–Crippen LogP) is 1.43. The zero-order chi connectivity index (χ0) is 12.7. The van der Waals surface area contributed by atoms with Gasteiger partial charge in [-0.1, -0.05) is 6.07 Å². The molecule has 0 bridgehead atoms. The number of hydrogen-bond donors (Lipinski definition) is 1. The molecule has 0 spiro atoms. The molecule has 0 unspecified atom stereocenters. The number of nitrogens with zero attached hydrogens (tertiary/aromatic N) is 4. The van der Waals surface area contributed by atoms with Crippen LogP contribution >= 0.6 is 0 Å². The highest BCUT2D eigenvalue weighted by Gasteiger charge is 2.11. The van der Waals surface area contributed by atoms with E-state index in [2.05, 4.69) is 20.7 Å². The number of fused-ring (bicyclic) bond motifs is 1. The second-order valence-electron chi connectivity index (χ2n) is 4.42. The lowest BCUT2D eigenvalue weighted by Crippen LogP contribution is -1.95. The van der Waals surface area contributed by atoms with Gasteiger partial charge >= 0.3 is 0 Å². The lowest BCUT2D eigenvalue weighted by atomic mass is 10.2. The molecule has 1 aromatic carbocycles. The van der Waals surface area contributed by atoms with E-state index in [0.717, 1.165) is 28.0 Å². The molecule has 3 rings (SSSR count).